The number of thioether (sulfide) groups is 1. The lowest BCUT2D eigenvalue weighted by Gasteiger charge is -2.15. The van der Waals surface area contributed by atoms with Gasteiger partial charge in [-0.3, -0.25) is 9.36 Å². The van der Waals surface area contributed by atoms with Crippen LogP contribution in [0.2, 0.25) is 5.02 Å². The lowest BCUT2D eigenvalue weighted by atomic mass is 10.1. The van der Waals surface area contributed by atoms with Crippen molar-refractivity contribution >= 4 is 40.0 Å². The Bertz CT molecular complexity index is 1510. The van der Waals surface area contributed by atoms with E-state index in [-0.39, 0.29) is 11.5 Å². The highest BCUT2D eigenvalue weighted by molar-refractivity contribution is 7.99. The minimum Gasteiger partial charge on any atom is -0.497 e. The molecule has 0 aliphatic rings. The average molecular weight is 505 g/mol. The predicted octanol–water partition coefficient (Wildman–Crippen LogP) is 6.06. The SMILES string of the molecule is COc1ccc(OC)c(-n2c(SCC(=O)c3ccc(Cl)cc3)nnc2-c2c[nH]c3ccccc23)c1. The Kier molecular flexibility index (Phi) is 6.48. The second-order valence-electron chi connectivity index (χ2n) is 7.65. The van der Waals surface area contributed by atoms with Crippen LogP contribution in [0.3, 0.4) is 0 Å². The lowest BCUT2D eigenvalue weighted by molar-refractivity contribution is 0.102. The maximum atomic E-state index is 12.8. The van der Waals surface area contributed by atoms with Crippen molar-refractivity contribution in [1.82, 2.24) is 19.7 Å². The van der Waals surface area contributed by atoms with Crippen LogP contribution in [-0.2, 0) is 0 Å². The van der Waals surface area contributed by atoms with E-state index in [1.165, 1.54) is 11.8 Å². The van der Waals surface area contributed by atoms with Crippen LogP contribution in [0.5, 0.6) is 11.5 Å². The second-order valence-corrected chi connectivity index (χ2v) is 9.02. The van der Waals surface area contributed by atoms with Crippen LogP contribution >= 0.6 is 23.4 Å². The van der Waals surface area contributed by atoms with Gasteiger partial charge in [-0.25, -0.2) is 0 Å². The molecule has 0 radical (unpaired) electrons. The number of nitrogens with one attached hydrogen (secondary N) is 1. The normalized spacial score (nSPS) is 11.1. The number of para-hydroxylation sites is 1. The molecule has 0 amide bonds. The van der Waals surface area contributed by atoms with Crippen molar-refractivity contribution in [2.24, 2.45) is 0 Å². The van der Waals surface area contributed by atoms with Crippen LogP contribution in [0.15, 0.2) is 78.1 Å². The zero-order valence-corrected chi connectivity index (χ0v) is 20.6. The number of H-pyrrole nitrogens is 1. The van der Waals surface area contributed by atoms with E-state index in [0.717, 1.165) is 16.5 Å². The molecule has 0 saturated carbocycles. The molecule has 176 valence electrons. The maximum Gasteiger partial charge on any atom is 0.196 e. The van der Waals surface area contributed by atoms with Gasteiger partial charge in [0.2, 0.25) is 0 Å². The van der Waals surface area contributed by atoms with Gasteiger partial charge in [0, 0.05) is 39.3 Å². The topological polar surface area (TPSA) is 82.0 Å². The first-order chi connectivity index (χ1) is 17.1. The zero-order chi connectivity index (χ0) is 24.4. The van der Waals surface area contributed by atoms with E-state index >= 15 is 0 Å². The molecular weight excluding hydrogens is 484 g/mol. The predicted molar refractivity (Wildman–Crippen MR) is 138 cm³/mol. The largest absolute Gasteiger partial charge is 0.497 e. The summed E-state index contributed by atoms with van der Waals surface area (Å²) in [6.45, 7) is 0. The van der Waals surface area contributed by atoms with Crippen LogP contribution in [-0.4, -0.2) is 45.5 Å². The molecule has 2 aromatic heterocycles. The smallest absolute Gasteiger partial charge is 0.196 e. The van der Waals surface area contributed by atoms with E-state index in [1.807, 2.05) is 53.2 Å². The van der Waals surface area contributed by atoms with Gasteiger partial charge in [-0.1, -0.05) is 41.6 Å². The number of hydrogen-bond donors (Lipinski definition) is 1. The van der Waals surface area contributed by atoms with Gasteiger partial charge in [0.25, 0.3) is 0 Å². The van der Waals surface area contributed by atoms with Crippen LogP contribution in [0.1, 0.15) is 10.4 Å². The Labute approximate surface area is 211 Å². The van der Waals surface area contributed by atoms with Crippen molar-refractivity contribution in [1.29, 1.82) is 0 Å². The summed E-state index contributed by atoms with van der Waals surface area (Å²) in [7, 11) is 3.22. The summed E-state index contributed by atoms with van der Waals surface area (Å²) in [5, 5.41) is 11.1. The van der Waals surface area contributed by atoms with Gasteiger partial charge in [0.1, 0.15) is 11.5 Å². The molecule has 0 atom stereocenters. The number of rotatable bonds is 8. The number of ketones is 1. The van der Waals surface area contributed by atoms with Gasteiger partial charge >= 0.3 is 0 Å². The number of halogens is 1. The number of carbonyl (C=O) groups excluding carboxylic acids is 1. The van der Waals surface area contributed by atoms with Crippen molar-refractivity contribution in [2.75, 3.05) is 20.0 Å². The molecule has 7 nitrogen and oxygen atoms in total. The fourth-order valence-electron chi connectivity index (χ4n) is 3.83. The first-order valence-corrected chi connectivity index (χ1v) is 12.1. The first kappa shape index (κ1) is 23.0. The third kappa shape index (κ3) is 4.50. The molecule has 5 rings (SSSR count). The third-order valence-electron chi connectivity index (χ3n) is 5.59. The van der Waals surface area contributed by atoms with E-state index in [0.29, 0.717) is 38.8 Å². The minimum atomic E-state index is -0.0348. The van der Waals surface area contributed by atoms with E-state index in [4.69, 9.17) is 21.1 Å². The van der Waals surface area contributed by atoms with Crippen molar-refractivity contribution in [2.45, 2.75) is 5.16 Å². The Hall–Kier alpha value is -3.75. The van der Waals surface area contributed by atoms with E-state index in [9.17, 15) is 4.79 Å². The number of hydrogen-bond acceptors (Lipinski definition) is 6. The molecule has 9 heteroatoms. The molecular formula is C26H21ClN4O3S. The van der Waals surface area contributed by atoms with Gasteiger partial charge in [-0.05, 0) is 42.5 Å². The molecule has 1 N–H and O–H groups in total. The molecule has 0 aliphatic carbocycles. The zero-order valence-electron chi connectivity index (χ0n) is 19.0. The second kappa shape index (κ2) is 9.85. The Morgan fingerprint density at radius 2 is 1.83 bits per heavy atom. The number of aromatic nitrogens is 4. The van der Waals surface area contributed by atoms with Gasteiger partial charge in [-0.15, -0.1) is 10.2 Å². The molecule has 5 aromatic rings. The van der Waals surface area contributed by atoms with Gasteiger partial charge in [-0.2, -0.15) is 0 Å². The number of carbonyl (C=O) groups is 1. The molecule has 0 bridgehead atoms. The lowest BCUT2D eigenvalue weighted by Crippen LogP contribution is -2.06. The number of ether oxygens (including phenoxy) is 2. The summed E-state index contributed by atoms with van der Waals surface area (Å²) in [6, 6.07) is 20.4. The molecule has 0 unspecified atom stereocenters. The number of benzene rings is 3. The highest BCUT2D eigenvalue weighted by Crippen LogP contribution is 2.37. The number of nitrogens with zero attached hydrogens (tertiary/aromatic N) is 3. The van der Waals surface area contributed by atoms with Gasteiger partial charge in [0.05, 0.1) is 25.7 Å². The minimum absolute atomic E-state index is 0.0348. The summed E-state index contributed by atoms with van der Waals surface area (Å²) < 4.78 is 13.0. The van der Waals surface area contributed by atoms with E-state index in [2.05, 4.69) is 15.2 Å². The Morgan fingerprint density at radius 1 is 1.03 bits per heavy atom. The summed E-state index contributed by atoms with van der Waals surface area (Å²) >= 11 is 7.27. The van der Waals surface area contributed by atoms with Crippen LogP contribution in [0.25, 0.3) is 28.0 Å². The highest BCUT2D eigenvalue weighted by atomic mass is 35.5. The number of Topliss-reactive ketones (excluding diaryl/α,β-unsaturated/α-hetero) is 1. The molecule has 0 fully saturated rings. The Balaban J connectivity index is 1.60. The molecule has 0 saturated heterocycles. The summed E-state index contributed by atoms with van der Waals surface area (Å²) in [6.07, 6.45) is 1.91. The quantitative estimate of drug-likeness (QED) is 0.204. The maximum absolute atomic E-state index is 12.8. The van der Waals surface area contributed by atoms with E-state index in [1.54, 1.807) is 38.5 Å². The average Bonchev–Trinajstić information content (AvgIpc) is 3.51. The van der Waals surface area contributed by atoms with Crippen molar-refractivity contribution in [3.05, 3.63) is 83.5 Å². The van der Waals surface area contributed by atoms with Crippen LogP contribution < -0.4 is 9.47 Å². The molecule has 0 aliphatic heterocycles. The number of fused-ring (bicyclic) bond motifs is 1. The monoisotopic (exact) mass is 504 g/mol. The third-order valence-corrected chi connectivity index (χ3v) is 6.77. The summed E-state index contributed by atoms with van der Waals surface area (Å²) in [5.41, 5.74) is 3.16. The van der Waals surface area contributed by atoms with Crippen molar-refractivity contribution < 1.29 is 14.3 Å². The van der Waals surface area contributed by atoms with Gasteiger partial charge in [0.15, 0.2) is 16.8 Å². The summed E-state index contributed by atoms with van der Waals surface area (Å²) in [5.74, 6) is 2.05. The molecule has 35 heavy (non-hydrogen) atoms. The molecule has 0 spiro atoms. The number of methoxy groups -OCH3 is 2. The van der Waals surface area contributed by atoms with E-state index < -0.39 is 0 Å². The molecule has 2 heterocycles. The molecule has 3 aromatic carbocycles. The number of aromatic amines is 1. The summed E-state index contributed by atoms with van der Waals surface area (Å²) in [4.78, 5) is 16.1. The highest BCUT2D eigenvalue weighted by Gasteiger charge is 2.22. The fourth-order valence-corrected chi connectivity index (χ4v) is 4.80. The van der Waals surface area contributed by atoms with Crippen molar-refractivity contribution in [3.8, 4) is 28.6 Å². The first-order valence-electron chi connectivity index (χ1n) is 10.7. The van der Waals surface area contributed by atoms with Gasteiger partial charge < -0.3 is 14.5 Å². The van der Waals surface area contributed by atoms with Crippen LogP contribution in [0.4, 0.5) is 0 Å². The van der Waals surface area contributed by atoms with Crippen LogP contribution in [0, 0.1) is 0 Å². The standard InChI is InChI=1S/C26H21ClN4O3S/c1-33-18-11-12-24(34-2)22(13-18)31-25(20-14-28-21-6-4-3-5-19(20)21)29-30-26(31)35-15-23(32)16-7-9-17(27)10-8-16/h3-14,28H,15H2,1-2H3. The Morgan fingerprint density at radius 3 is 2.60 bits per heavy atom. The van der Waals surface area contributed by atoms with Crippen molar-refractivity contribution in [3.63, 3.8) is 0 Å². The fraction of sp³-hybridized carbons (Fsp3) is 0.115.